The molecule has 32 heavy (non-hydrogen) atoms. The molecule has 3 aliphatic rings. The van der Waals surface area contributed by atoms with Crippen LogP contribution < -0.4 is 10.7 Å². The van der Waals surface area contributed by atoms with Crippen LogP contribution in [0, 0.1) is 5.92 Å². The summed E-state index contributed by atoms with van der Waals surface area (Å²) in [6.07, 6.45) is 3.91. The largest absolute Gasteiger partial charge is 0.344 e. The summed E-state index contributed by atoms with van der Waals surface area (Å²) >= 11 is 1.75. The zero-order valence-corrected chi connectivity index (χ0v) is 19.0. The summed E-state index contributed by atoms with van der Waals surface area (Å²) in [5.41, 5.74) is 4.09. The Hall–Kier alpha value is -2.71. The Bertz CT molecular complexity index is 1030. The molecule has 1 atom stereocenters. The number of benzene rings is 1. The quantitative estimate of drug-likeness (QED) is 0.698. The van der Waals surface area contributed by atoms with Crippen molar-refractivity contribution in [3.8, 4) is 0 Å². The fourth-order valence-electron chi connectivity index (χ4n) is 5.22. The number of thiophene rings is 1. The lowest BCUT2D eigenvalue weighted by Crippen LogP contribution is -2.53. The van der Waals surface area contributed by atoms with Gasteiger partial charge in [0.1, 0.15) is 5.54 Å². The molecule has 1 aliphatic carbocycles. The van der Waals surface area contributed by atoms with Crippen molar-refractivity contribution in [1.29, 1.82) is 0 Å². The van der Waals surface area contributed by atoms with Gasteiger partial charge in [0.15, 0.2) is 0 Å². The van der Waals surface area contributed by atoms with E-state index in [0.29, 0.717) is 18.8 Å². The number of carbonyl (C=O) groups is 3. The minimum atomic E-state index is -0.861. The summed E-state index contributed by atoms with van der Waals surface area (Å²) in [4.78, 5) is 42.1. The minimum absolute atomic E-state index is 0.0220. The summed E-state index contributed by atoms with van der Waals surface area (Å²) in [5, 5.41) is 5.85. The second-order valence-electron chi connectivity index (χ2n) is 9.20. The Balaban J connectivity index is 1.30. The number of amides is 4. The summed E-state index contributed by atoms with van der Waals surface area (Å²) in [6, 6.07) is 11.7. The van der Waals surface area contributed by atoms with Gasteiger partial charge in [-0.3, -0.25) is 19.9 Å². The Morgan fingerprint density at radius 1 is 1.19 bits per heavy atom. The van der Waals surface area contributed by atoms with Gasteiger partial charge in [-0.05, 0) is 60.6 Å². The Labute approximate surface area is 191 Å². The van der Waals surface area contributed by atoms with E-state index in [0.717, 1.165) is 36.4 Å². The zero-order chi connectivity index (χ0) is 22.3. The summed E-state index contributed by atoms with van der Waals surface area (Å²) in [6.45, 7) is 3.01. The second-order valence-corrected chi connectivity index (χ2v) is 10.2. The molecule has 7 nitrogen and oxygen atoms in total. The van der Waals surface area contributed by atoms with E-state index in [1.54, 1.807) is 11.3 Å². The minimum Gasteiger partial charge on any atom is -0.322 e. The molecule has 0 radical (unpaired) electrons. The molecule has 4 amide bonds. The number of rotatable bonds is 4. The van der Waals surface area contributed by atoms with E-state index in [9.17, 15) is 14.4 Å². The molecule has 0 bridgehead atoms. The lowest BCUT2D eigenvalue weighted by Gasteiger charge is -2.36. The van der Waals surface area contributed by atoms with E-state index < -0.39 is 11.6 Å². The molecule has 0 unspecified atom stereocenters. The Kier molecular flexibility index (Phi) is 5.51. The van der Waals surface area contributed by atoms with E-state index in [2.05, 4.69) is 46.1 Å². The number of nitrogens with one attached hydrogen (secondary N) is 2. The molecular weight excluding hydrogens is 424 g/mol. The lowest BCUT2D eigenvalue weighted by molar-refractivity contribution is -0.140. The van der Waals surface area contributed by atoms with Gasteiger partial charge in [0.2, 0.25) is 0 Å². The number of hydrogen-bond acceptors (Lipinski definition) is 5. The van der Waals surface area contributed by atoms with Crippen LogP contribution in [-0.2, 0) is 16.0 Å². The van der Waals surface area contributed by atoms with Crippen LogP contribution in [0.1, 0.15) is 54.7 Å². The van der Waals surface area contributed by atoms with E-state index in [4.69, 9.17) is 0 Å². The fraction of sp³-hybridized carbons (Fsp3) is 0.458. The number of carbonyl (C=O) groups excluding carboxylic acids is 3. The first-order chi connectivity index (χ1) is 15.5. The van der Waals surface area contributed by atoms with E-state index in [1.165, 1.54) is 10.4 Å². The van der Waals surface area contributed by atoms with Gasteiger partial charge in [0.25, 0.3) is 11.8 Å². The zero-order valence-electron chi connectivity index (χ0n) is 18.2. The Morgan fingerprint density at radius 2 is 1.94 bits per heavy atom. The van der Waals surface area contributed by atoms with E-state index in [-0.39, 0.29) is 24.4 Å². The first-order valence-corrected chi connectivity index (χ1v) is 12.2. The third kappa shape index (κ3) is 3.71. The van der Waals surface area contributed by atoms with Gasteiger partial charge in [-0.25, -0.2) is 4.79 Å². The highest BCUT2D eigenvalue weighted by molar-refractivity contribution is 7.10. The number of imide groups is 1. The van der Waals surface area contributed by atoms with Gasteiger partial charge in [-0.2, -0.15) is 5.01 Å². The van der Waals surface area contributed by atoms with E-state index >= 15 is 0 Å². The molecular formula is C24H28N4O3S. The van der Waals surface area contributed by atoms with Crippen molar-refractivity contribution in [1.82, 2.24) is 20.7 Å². The maximum atomic E-state index is 13.1. The topological polar surface area (TPSA) is 81.8 Å². The van der Waals surface area contributed by atoms with Crippen molar-refractivity contribution in [2.45, 2.75) is 50.6 Å². The lowest BCUT2D eigenvalue weighted by atomic mass is 9.77. The van der Waals surface area contributed by atoms with Crippen LogP contribution in [0.2, 0.25) is 0 Å². The van der Waals surface area contributed by atoms with Gasteiger partial charge in [-0.15, -0.1) is 11.3 Å². The predicted octanol–water partition coefficient (Wildman–Crippen LogP) is 3.23. The third-order valence-corrected chi connectivity index (χ3v) is 8.05. The SMILES string of the molecule is CC1CCC2(CC1)NC(=O)N(NC(=O)CN1CCc3sccc3[C@@H]1c1ccccc1)C2=O. The van der Waals surface area contributed by atoms with Crippen molar-refractivity contribution in [3.05, 3.63) is 57.8 Å². The molecule has 2 aromatic rings. The second kappa shape index (κ2) is 8.33. The molecule has 1 aromatic carbocycles. The first kappa shape index (κ1) is 21.2. The monoisotopic (exact) mass is 452 g/mol. The molecule has 1 aromatic heterocycles. The number of nitrogens with zero attached hydrogens (tertiary/aromatic N) is 2. The number of hydrogen-bond donors (Lipinski definition) is 2. The fourth-order valence-corrected chi connectivity index (χ4v) is 6.13. The highest BCUT2D eigenvalue weighted by Gasteiger charge is 2.53. The van der Waals surface area contributed by atoms with Crippen LogP contribution in [0.5, 0.6) is 0 Å². The first-order valence-electron chi connectivity index (χ1n) is 11.3. The van der Waals surface area contributed by atoms with Crippen molar-refractivity contribution in [2.24, 2.45) is 5.92 Å². The standard InChI is InChI=1S/C24H28N4O3S/c1-16-7-11-24(12-8-16)22(30)28(23(31)25-24)26-20(29)15-27-13-9-19-18(10-14-32-19)21(27)17-5-3-2-4-6-17/h2-6,10,14,16,21H,7-9,11-13,15H2,1H3,(H,25,31)(H,26,29)/t16?,21-,24?/m0/s1. The van der Waals surface area contributed by atoms with Crippen LogP contribution >= 0.6 is 11.3 Å². The van der Waals surface area contributed by atoms with Crippen LogP contribution in [-0.4, -0.2) is 46.4 Å². The van der Waals surface area contributed by atoms with Crippen LogP contribution in [0.25, 0.3) is 0 Å². The van der Waals surface area contributed by atoms with Gasteiger partial charge in [0.05, 0.1) is 12.6 Å². The van der Waals surface area contributed by atoms with Crippen molar-refractivity contribution >= 4 is 29.2 Å². The molecule has 3 heterocycles. The summed E-state index contributed by atoms with van der Waals surface area (Å²) in [7, 11) is 0. The summed E-state index contributed by atoms with van der Waals surface area (Å²) in [5.74, 6) is -0.138. The van der Waals surface area contributed by atoms with Crippen LogP contribution in [0.4, 0.5) is 4.79 Å². The molecule has 5 rings (SSSR count). The number of fused-ring (bicyclic) bond motifs is 1. The predicted molar refractivity (Wildman–Crippen MR) is 122 cm³/mol. The highest BCUT2D eigenvalue weighted by Crippen LogP contribution is 2.38. The normalized spacial score (nSPS) is 28.0. The Morgan fingerprint density at radius 3 is 2.69 bits per heavy atom. The molecule has 1 spiro atoms. The average Bonchev–Trinajstić information content (AvgIpc) is 3.35. The molecule has 2 aliphatic heterocycles. The average molecular weight is 453 g/mol. The van der Waals surface area contributed by atoms with Gasteiger partial charge in [0, 0.05) is 11.4 Å². The van der Waals surface area contributed by atoms with Gasteiger partial charge >= 0.3 is 6.03 Å². The van der Waals surface area contributed by atoms with Gasteiger partial charge in [-0.1, -0.05) is 37.3 Å². The maximum Gasteiger partial charge on any atom is 0.344 e. The van der Waals surface area contributed by atoms with Crippen molar-refractivity contribution in [3.63, 3.8) is 0 Å². The van der Waals surface area contributed by atoms with Crippen LogP contribution in [0.3, 0.4) is 0 Å². The van der Waals surface area contributed by atoms with Crippen molar-refractivity contribution in [2.75, 3.05) is 13.1 Å². The van der Waals surface area contributed by atoms with E-state index in [1.807, 2.05) is 18.2 Å². The van der Waals surface area contributed by atoms with Crippen molar-refractivity contribution < 1.29 is 14.4 Å². The molecule has 8 heteroatoms. The smallest absolute Gasteiger partial charge is 0.322 e. The number of hydrazine groups is 1. The molecule has 168 valence electrons. The number of urea groups is 1. The van der Waals surface area contributed by atoms with Gasteiger partial charge < -0.3 is 5.32 Å². The highest BCUT2D eigenvalue weighted by atomic mass is 32.1. The molecule has 1 saturated heterocycles. The summed E-state index contributed by atoms with van der Waals surface area (Å²) < 4.78 is 0. The van der Waals surface area contributed by atoms with Crippen LogP contribution in [0.15, 0.2) is 41.8 Å². The third-order valence-electron chi connectivity index (χ3n) is 7.05. The molecule has 2 N–H and O–H groups in total. The maximum absolute atomic E-state index is 13.1. The molecule has 2 fully saturated rings. The molecule has 1 saturated carbocycles.